The van der Waals surface area contributed by atoms with Gasteiger partial charge < -0.3 is 0 Å². The zero-order valence-electron chi connectivity index (χ0n) is 6.23. The highest BCUT2D eigenvalue weighted by Gasteiger charge is 2.22. The maximum atomic E-state index is 11.4. The first-order valence-corrected chi connectivity index (χ1v) is 5.85. The second kappa shape index (κ2) is 3.25. The highest BCUT2D eigenvalue weighted by molar-refractivity contribution is 14.1. The van der Waals surface area contributed by atoms with Crippen LogP contribution in [0.15, 0.2) is 12.1 Å². The van der Waals surface area contributed by atoms with Crippen LogP contribution in [0.2, 0.25) is 0 Å². The fraction of sp³-hybridized carbons (Fsp3) is 0.222. The van der Waals surface area contributed by atoms with Gasteiger partial charge in [0.15, 0.2) is 5.78 Å². The number of Topliss-reactive ketones (excluding diaryl/α,β-unsaturated/α-hetero) is 1. The van der Waals surface area contributed by atoms with Gasteiger partial charge in [-0.3, -0.25) is 4.79 Å². The summed E-state index contributed by atoms with van der Waals surface area (Å²) in [5.74, 6) is 0.311. The molecule has 0 bridgehead atoms. The zero-order chi connectivity index (χ0) is 8.72. The van der Waals surface area contributed by atoms with Gasteiger partial charge in [0.25, 0.3) is 0 Å². The molecule has 0 amide bonds. The van der Waals surface area contributed by atoms with Gasteiger partial charge in [0, 0.05) is 19.1 Å². The molecule has 0 atom stereocenters. The molecular weight excluding hydrogens is 378 g/mol. The molecule has 2 rings (SSSR count). The lowest BCUT2D eigenvalue weighted by atomic mass is 10.1. The first-order chi connectivity index (χ1) is 5.68. The summed E-state index contributed by atoms with van der Waals surface area (Å²) in [5.41, 5.74) is 2.20. The second-order valence-electron chi connectivity index (χ2n) is 2.84. The van der Waals surface area contributed by atoms with Crippen LogP contribution in [0, 0.1) is 7.14 Å². The van der Waals surface area contributed by atoms with Crippen molar-refractivity contribution < 1.29 is 4.79 Å². The molecule has 0 saturated carbocycles. The van der Waals surface area contributed by atoms with Crippen molar-refractivity contribution in [3.8, 4) is 0 Å². The van der Waals surface area contributed by atoms with Crippen LogP contribution in [0.25, 0.3) is 0 Å². The van der Waals surface area contributed by atoms with Gasteiger partial charge in [-0.25, -0.2) is 0 Å². The molecule has 0 saturated heterocycles. The van der Waals surface area contributed by atoms with Crippen LogP contribution in [0.1, 0.15) is 22.3 Å². The van der Waals surface area contributed by atoms with Crippen LogP contribution < -0.4 is 0 Å². The number of rotatable bonds is 0. The van der Waals surface area contributed by atoms with Gasteiger partial charge in [0.1, 0.15) is 0 Å². The molecule has 0 aromatic heterocycles. The van der Waals surface area contributed by atoms with Gasteiger partial charge in [-0.1, -0.05) is 0 Å². The van der Waals surface area contributed by atoms with Crippen LogP contribution in [-0.2, 0) is 6.42 Å². The molecule has 62 valence electrons. The lowest BCUT2D eigenvalue weighted by Crippen LogP contribution is -1.95. The number of carbonyl (C=O) groups excluding carboxylic acids is 1. The molecule has 0 spiro atoms. The van der Waals surface area contributed by atoms with Crippen LogP contribution in [0.3, 0.4) is 0 Å². The molecule has 12 heavy (non-hydrogen) atoms. The fourth-order valence-corrected chi connectivity index (χ4v) is 3.78. The largest absolute Gasteiger partial charge is 0.294 e. The lowest BCUT2D eigenvalue weighted by Gasteiger charge is -2.01. The van der Waals surface area contributed by atoms with Crippen molar-refractivity contribution in [2.75, 3.05) is 0 Å². The normalized spacial score (nSPS) is 15.0. The zero-order valence-corrected chi connectivity index (χ0v) is 10.5. The van der Waals surface area contributed by atoms with Gasteiger partial charge in [0.05, 0.1) is 0 Å². The molecule has 1 aromatic carbocycles. The lowest BCUT2D eigenvalue weighted by molar-refractivity contribution is 0.0994. The Hall–Kier alpha value is 0.350. The molecule has 0 unspecified atom stereocenters. The topological polar surface area (TPSA) is 17.1 Å². The van der Waals surface area contributed by atoms with Crippen molar-refractivity contribution in [3.63, 3.8) is 0 Å². The van der Waals surface area contributed by atoms with E-state index in [4.69, 9.17) is 0 Å². The number of benzene rings is 1. The smallest absolute Gasteiger partial charge is 0.164 e. The molecule has 0 heterocycles. The molecule has 0 aliphatic heterocycles. The quantitative estimate of drug-likeness (QED) is 0.629. The predicted molar refractivity (Wildman–Crippen MR) is 64.5 cm³/mol. The second-order valence-corrected chi connectivity index (χ2v) is 5.25. The minimum atomic E-state index is 0.311. The summed E-state index contributed by atoms with van der Waals surface area (Å²) in [6, 6.07) is 4.17. The SMILES string of the molecule is O=C1CCc2cc(I)cc(I)c21. The molecular formula is C9H6I2O. The molecule has 0 radical (unpaired) electrons. The highest BCUT2D eigenvalue weighted by atomic mass is 127. The third-order valence-corrected chi connectivity index (χ3v) is 3.51. The summed E-state index contributed by atoms with van der Waals surface area (Å²) in [5, 5.41) is 0. The van der Waals surface area contributed by atoms with E-state index in [0.29, 0.717) is 12.2 Å². The van der Waals surface area contributed by atoms with E-state index in [2.05, 4.69) is 57.3 Å². The summed E-state index contributed by atoms with van der Waals surface area (Å²) in [6.45, 7) is 0. The summed E-state index contributed by atoms with van der Waals surface area (Å²) in [4.78, 5) is 11.4. The van der Waals surface area contributed by atoms with Gasteiger partial charge in [-0.15, -0.1) is 0 Å². The van der Waals surface area contributed by atoms with Crippen LogP contribution in [-0.4, -0.2) is 5.78 Å². The molecule has 1 nitrogen and oxygen atoms in total. The third-order valence-electron chi connectivity index (χ3n) is 2.04. The number of halogens is 2. The monoisotopic (exact) mass is 384 g/mol. The number of ketones is 1. The van der Waals surface area contributed by atoms with Crippen LogP contribution in [0.4, 0.5) is 0 Å². The standard InChI is InChI=1S/C9H6I2O/c10-6-3-5-1-2-8(12)9(5)7(11)4-6/h3-4H,1-2H2. The molecule has 1 aromatic rings. The molecule has 0 fully saturated rings. The van der Waals surface area contributed by atoms with E-state index in [9.17, 15) is 4.79 Å². The van der Waals surface area contributed by atoms with E-state index in [1.54, 1.807) is 0 Å². The van der Waals surface area contributed by atoms with Gasteiger partial charge in [-0.05, 0) is 69.3 Å². The average molecular weight is 384 g/mol. The Kier molecular flexibility index (Phi) is 2.42. The van der Waals surface area contributed by atoms with E-state index in [1.165, 1.54) is 9.13 Å². The van der Waals surface area contributed by atoms with Gasteiger partial charge in [-0.2, -0.15) is 0 Å². The van der Waals surface area contributed by atoms with E-state index in [-0.39, 0.29) is 0 Å². The van der Waals surface area contributed by atoms with Crippen molar-refractivity contribution in [1.82, 2.24) is 0 Å². The summed E-state index contributed by atoms with van der Waals surface area (Å²) < 4.78 is 2.34. The van der Waals surface area contributed by atoms with Crippen molar-refractivity contribution in [2.24, 2.45) is 0 Å². The Bertz CT molecular complexity index is 358. The number of carbonyl (C=O) groups is 1. The predicted octanol–water partition coefficient (Wildman–Crippen LogP) is 3.02. The van der Waals surface area contributed by atoms with Crippen LogP contribution in [0.5, 0.6) is 0 Å². The number of aryl methyl sites for hydroxylation is 1. The number of fused-ring (bicyclic) bond motifs is 1. The minimum absolute atomic E-state index is 0.311. The fourth-order valence-electron chi connectivity index (χ4n) is 1.51. The number of hydrogen-bond donors (Lipinski definition) is 0. The third kappa shape index (κ3) is 1.41. The summed E-state index contributed by atoms with van der Waals surface area (Å²) in [6.07, 6.45) is 1.63. The van der Waals surface area contributed by atoms with Crippen molar-refractivity contribution in [1.29, 1.82) is 0 Å². The van der Waals surface area contributed by atoms with E-state index < -0.39 is 0 Å². The molecule has 3 heteroatoms. The van der Waals surface area contributed by atoms with Crippen molar-refractivity contribution >= 4 is 51.0 Å². The Morgan fingerprint density at radius 3 is 2.67 bits per heavy atom. The average Bonchev–Trinajstić information content (AvgIpc) is 2.31. The molecule has 0 N–H and O–H groups in total. The maximum Gasteiger partial charge on any atom is 0.164 e. The van der Waals surface area contributed by atoms with Gasteiger partial charge >= 0.3 is 0 Å². The first kappa shape index (κ1) is 8.93. The Morgan fingerprint density at radius 1 is 1.17 bits per heavy atom. The number of hydrogen-bond acceptors (Lipinski definition) is 1. The Morgan fingerprint density at radius 2 is 1.92 bits per heavy atom. The Labute approximate surface area is 98.2 Å². The first-order valence-electron chi connectivity index (χ1n) is 3.69. The molecule has 1 aliphatic carbocycles. The Balaban J connectivity index is 2.68. The summed E-state index contributed by atoms with van der Waals surface area (Å²) >= 11 is 4.53. The van der Waals surface area contributed by atoms with E-state index in [0.717, 1.165) is 15.6 Å². The van der Waals surface area contributed by atoms with E-state index >= 15 is 0 Å². The van der Waals surface area contributed by atoms with Crippen molar-refractivity contribution in [2.45, 2.75) is 12.8 Å². The molecule has 1 aliphatic rings. The maximum absolute atomic E-state index is 11.4. The van der Waals surface area contributed by atoms with E-state index in [1.807, 2.05) is 0 Å². The van der Waals surface area contributed by atoms with Crippen LogP contribution >= 0.6 is 45.2 Å². The van der Waals surface area contributed by atoms with Crippen molar-refractivity contribution in [3.05, 3.63) is 30.4 Å². The highest BCUT2D eigenvalue weighted by Crippen LogP contribution is 2.28. The van der Waals surface area contributed by atoms with Gasteiger partial charge in [0.2, 0.25) is 0 Å². The summed E-state index contributed by atoms with van der Waals surface area (Å²) in [7, 11) is 0. The minimum Gasteiger partial charge on any atom is -0.294 e.